The van der Waals surface area contributed by atoms with E-state index in [1.165, 1.54) is 12.1 Å². The van der Waals surface area contributed by atoms with Crippen molar-refractivity contribution in [2.24, 2.45) is 0 Å². The van der Waals surface area contributed by atoms with E-state index in [4.69, 9.17) is 0 Å². The van der Waals surface area contributed by atoms with Gasteiger partial charge >= 0.3 is 6.61 Å². The quantitative estimate of drug-likeness (QED) is 0.783. The number of aryl methyl sites for hydroxylation is 1. The molecule has 0 atom stereocenters. The van der Waals surface area contributed by atoms with Crippen molar-refractivity contribution < 1.29 is 18.3 Å². The number of hydrogen-bond acceptors (Lipinski definition) is 2. The highest BCUT2D eigenvalue weighted by Crippen LogP contribution is 2.23. The number of halogens is 2. The number of ether oxygens (including phenoxy) is 1. The van der Waals surface area contributed by atoms with Gasteiger partial charge in [-0.05, 0) is 25.1 Å². The van der Waals surface area contributed by atoms with Gasteiger partial charge in [0.1, 0.15) is 5.75 Å². The van der Waals surface area contributed by atoms with E-state index >= 15 is 0 Å². The minimum atomic E-state index is -2.95. The van der Waals surface area contributed by atoms with Crippen LogP contribution in [-0.2, 0) is 0 Å². The molecule has 0 aliphatic heterocycles. The maximum Gasteiger partial charge on any atom is 0.387 e. The van der Waals surface area contributed by atoms with Gasteiger partial charge in [0, 0.05) is 5.56 Å². The van der Waals surface area contributed by atoms with Crippen molar-refractivity contribution in [3.8, 4) is 5.75 Å². The number of alkyl halides is 2. The monoisotopic (exact) mass is 262 g/mol. The van der Waals surface area contributed by atoms with Crippen LogP contribution in [0.15, 0.2) is 48.5 Å². The van der Waals surface area contributed by atoms with Crippen LogP contribution in [-0.4, -0.2) is 12.4 Å². The molecule has 0 aromatic heterocycles. The maximum atomic E-state index is 12.3. The van der Waals surface area contributed by atoms with Gasteiger partial charge in [0.2, 0.25) is 0 Å². The summed E-state index contributed by atoms with van der Waals surface area (Å²) >= 11 is 0. The summed E-state index contributed by atoms with van der Waals surface area (Å²) in [6, 6.07) is 13.0. The minimum Gasteiger partial charge on any atom is -0.434 e. The summed E-state index contributed by atoms with van der Waals surface area (Å²) in [5, 5.41) is 0. The SMILES string of the molecule is Cc1cccc(C(=O)c2ccccc2OC(F)F)c1. The van der Waals surface area contributed by atoms with Gasteiger partial charge < -0.3 is 4.74 Å². The van der Waals surface area contributed by atoms with Crippen LogP contribution in [0.3, 0.4) is 0 Å². The van der Waals surface area contributed by atoms with Crippen molar-refractivity contribution in [1.82, 2.24) is 0 Å². The Labute approximate surface area is 109 Å². The molecule has 0 saturated heterocycles. The highest BCUT2D eigenvalue weighted by molar-refractivity contribution is 6.10. The lowest BCUT2D eigenvalue weighted by molar-refractivity contribution is -0.0501. The summed E-state index contributed by atoms with van der Waals surface area (Å²) in [6.07, 6.45) is 0. The van der Waals surface area contributed by atoms with E-state index in [1.54, 1.807) is 30.3 Å². The molecule has 0 N–H and O–H groups in total. The van der Waals surface area contributed by atoms with E-state index in [0.717, 1.165) is 5.56 Å². The Balaban J connectivity index is 2.39. The molecule has 0 spiro atoms. The van der Waals surface area contributed by atoms with E-state index < -0.39 is 6.61 Å². The van der Waals surface area contributed by atoms with Crippen molar-refractivity contribution in [3.05, 3.63) is 65.2 Å². The number of hydrogen-bond donors (Lipinski definition) is 0. The summed E-state index contributed by atoms with van der Waals surface area (Å²) in [7, 11) is 0. The van der Waals surface area contributed by atoms with Crippen LogP contribution in [0.25, 0.3) is 0 Å². The van der Waals surface area contributed by atoms with E-state index in [0.29, 0.717) is 5.56 Å². The van der Waals surface area contributed by atoms with Crippen LogP contribution in [0.4, 0.5) is 8.78 Å². The first kappa shape index (κ1) is 13.2. The highest BCUT2D eigenvalue weighted by Gasteiger charge is 2.16. The Bertz CT molecular complexity index is 594. The molecule has 0 bridgehead atoms. The smallest absolute Gasteiger partial charge is 0.387 e. The second kappa shape index (κ2) is 5.61. The van der Waals surface area contributed by atoms with Gasteiger partial charge in [0.25, 0.3) is 0 Å². The van der Waals surface area contributed by atoms with Gasteiger partial charge in [-0.2, -0.15) is 8.78 Å². The molecule has 0 aliphatic rings. The molecule has 0 heterocycles. The molecule has 0 unspecified atom stereocenters. The van der Waals surface area contributed by atoms with Crippen LogP contribution >= 0.6 is 0 Å². The zero-order valence-electron chi connectivity index (χ0n) is 10.3. The average molecular weight is 262 g/mol. The molecule has 2 rings (SSSR count). The normalized spacial score (nSPS) is 10.5. The molecule has 0 aliphatic carbocycles. The minimum absolute atomic E-state index is 0.107. The van der Waals surface area contributed by atoms with Gasteiger partial charge in [0.15, 0.2) is 5.78 Å². The largest absolute Gasteiger partial charge is 0.434 e. The van der Waals surface area contributed by atoms with Crippen molar-refractivity contribution in [1.29, 1.82) is 0 Å². The second-order valence-corrected chi connectivity index (χ2v) is 4.07. The fourth-order valence-electron chi connectivity index (χ4n) is 1.79. The molecule has 0 fully saturated rings. The standard InChI is InChI=1S/C15H12F2O2/c1-10-5-4-6-11(9-10)14(18)12-7-2-3-8-13(12)19-15(16)17/h2-9,15H,1H3. The van der Waals surface area contributed by atoms with Gasteiger partial charge in [-0.15, -0.1) is 0 Å². The molecule has 0 saturated carbocycles. The Morgan fingerprint density at radius 2 is 1.84 bits per heavy atom. The van der Waals surface area contributed by atoms with Crippen molar-refractivity contribution in [2.45, 2.75) is 13.5 Å². The van der Waals surface area contributed by atoms with Gasteiger partial charge in [-0.1, -0.05) is 35.9 Å². The Kier molecular flexibility index (Phi) is 3.90. The molecule has 19 heavy (non-hydrogen) atoms. The third-order valence-corrected chi connectivity index (χ3v) is 2.63. The van der Waals surface area contributed by atoms with E-state index in [1.807, 2.05) is 13.0 Å². The Morgan fingerprint density at radius 3 is 2.53 bits per heavy atom. The lowest BCUT2D eigenvalue weighted by Gasteiger charge is -2.09. The number of para-hydroxylation sites is 1. The third-order valence-electron chi connectivity index (χ3n) is 2.63. The van der Waals surface area contributed by atoms with Crippen molar-refractivity contribution in [2.75, 3.05) is 0 Å². The molecule has 4 heteroatoms. The summed E-state index contributed by atoms with van der Waals surface area (Å²) in [5.74, 6) is -0.441. The van der Waals surface area contributed by atoms with Gasteiger partial charge in [0.05, 0.1) is 5.56 Å². The predicted octanol–water partition coefficient (Wildman–Crippen LogP) is 3.83. The zero-order chi connectivity index (χ0) is 13.8. The number of rotatable bonds is 4. The fourth-order valence-corrected chi connectivity index (χ4v) is 1.79. The van der Waals surface area contributed by atoms with E-state index in [9.17, 15) is 13.6 Å². The Hall–Kier alpha value is -2.23. The Morgan fingerprint density at radius 1 is 1.11 bits per heavy atom. The summed E-state index contributed by atoms with van der Waals surface area (Å²) in [4.78, 5) is 12.3. The zero-order valence-corrected chi connectivity index (χ0v) is 10.3. The summed E-state index contributed by atoms with van der Waals surface area (Å²) in [5.41, 5.74) is 1.51. The van der Waals surface area contributed by atoms with E-state index in [-0.39, 0.29) is 17.1 Å². The van der Waals surface area contributed by atoms with Crippen molar-refractivity contribution >= 4 is 5.78 Å². The lowest BCUT2D eigenvalue weighted by atomic mass is 10.0. The number of benzene rings is 2. The maximum absolute atomic E-state index is 12.3. The first-order valence-corrected chi connectivity index (χ1v) is 5.73. The van der Waals surface area contributed by atoms with Crippen LogP contribution in [0, 0.1) is 6.92 Å². The van der Waals surface area contributed by atoms with Gasteiger partial charge in [-0.25, -0.2) is 0 Å². The summed E-state index contributed by atoms with van der Waals surface area (Å²) < 4.78 is 29.0. The third kappa shape index (κ3) is 3.16. The van der Waals surface area contributed by atoms with Crippen LogP contribution in [0.2, 0.25) is 0 Å². The first-order valence-electron chi connectivity index (χ1n) is 5.73. The van der Waals surface area contributed by atoms with Gasteiger partial charge in [-0.3, -0.25) is 4.79 Å². The first-order chi connectivity index (χ1) is 9.08. The van der Waals surface area contributed by atoms with Crippen LogP contribution < -0.4 is 4.74 Å². The number of carbonyl (C=O) groups excluding carboxylic acids is 1. The molecule has 2 aromatic carbocycles. The molecule has 2 nitrogen and oxygen atoms in total. The highest BCUT2D eigenvalue weighted by atomic mass is 19.3. The number of carbonyl (C=O) groups is 1. The molecule has 0 radical (unpaired) electrons. The topological polar surface area (TPSA) is 26.3 Å². The lowest BCUT2D eigenvalue weighted by Crippen LogP contribution is -2.08. The molecule has 98 valence electrons. The number of ketones is 1. The second-order valence-electron chi connectivity index (χ2n) is 4.07. The predicted molar refractivity (Wildman–Crippen MR) is 67.7 cm³/mol. The molecule has 2 aromatic rings. The average Bonchev–Trinajstić information content (AvgIpc) is 2.38. The van der Waals surface area contributed by atoms with E-state index in [2.05, 4.69) is 4.74 Å². The fraction of sp³-hybridized carbons (Fsp3) is 0.133. The molecule has 0 amide bonds. The van der Waals surface area contributed by atoms with Crippen LogP contribution in [0.1, 0.15) is 21.5 Å². The summed E-state index contributed by atoms with van der Waals surface area (Å²) in [6.45, 7) is -1.09. The van der Waals surface area contributed by atoms with Crippen LogP contribution in [0.5, 0.6) is 5.75 Å². The van der Waals surface area contributed by atoms with Crippen molar-refractivity contribution in [3.63, 3.8) is 0 Å². The molecular formula is C15H12F2O2. The molecular weight excluding hydrogens is 250 g/mol.